The van der Waals surface area contributed by atoms with Crippen molar-refractivity contribution >= 4 is 16.9 Å². The van der Waals surface area contributed by atoms with Crippen molar-refractivity contribution in [3.8, 4) is 0 Å². The number of nitrogens with zero attached hydrogens (tertiary/aromatic N) is 1. The normalized spacial score (nSPS) is 16.0. The zero-order valence-corrected chi connectivity index (χ0v) is 17.9. The second-order valence-electron chi connectivity index (χ2n) is 8.26. The highest BCUT2D eigenvalue weighted by Gasteiger charge is 2.42. The van der Waals surface area contributed by atoms with Crippen LogP contribution in [-0.2, 0) is 4.74 Å². The maximum absolute atomic E-state index is 13.4. The molecule has 1 aliphatic heterocycles. The smallest absolute Gasteiger partial charge is 0.290 e. The number of benzene rings is 2. The highest BCUT2D eigenvalue weighted by Crippen LogP contribution is 2.38. The van der Waals surface area contributed by atoms with E-state index in [1.807, 2.05) is 64.1 Å². The standard InChI is InChI=1S/C25H27NO4/c1-15(2)29-13-5-12-26-22(18-9-6-16(3)7-10-18)21-23(27)19-11-8-17(4)14-20(19)30-24(21)25(26)28/h6-11,14-15,22H,5,12-13H2,1-4H3/t22-/m1/s1. The lowest BCUT2D eigenvalue weighted by molar-refractivity contribution is 0.0593. The number of aryl methyl sites for hydroxylation is 2. The van der Waals surface area contributed by atoms with Gasteiger partial charge in [0, 0.05) is 13.2 Å². The van der Waals surface area contributed by atoms with Crippen LogP contribution in [0.4, 0.5) is 0 Å². The molecule has 1 aromatic heterocycles. The van der Waals surface area contributed by atoms with E-state index in [-0.39, 0.29) is 23.2 Å². The molecule has 0 aliphatic carbocycles. The Morgan fingerprint density at radius 2 is 1.73 bits per heavy atom. The first-order valence-electron chi connectivity index (χ1n) is 10.4. The first-order valence-corrected chi connectivity index (χ1v) is 10.4. The van der Waals surface area contributed by atoms with Gasteiger partial charge in [-0.3, -0.25) is 9.59 Å². The van der Waals surface area contributed by atoms with E-state index in [4.69, 9.17) is 9.15 Å². The zero-order chi connectivity index (χ0) is 21.4. The number of carbonyl (C=O) groups is 1. The number of carbonyl (C=O) groups excluding carboxylic acids is 1. The van der Waals surface area contributed by atoms with E-state index >= 15 is 0 Å². The number of rotatable bonds is 6. The molecule has 1 atom stereocenters. The zero-order valence-electron chi connectivity index (χ0n) is 17.9. The third-order valence-corrected chi connectivity index (χ3v) is 5.51. The number of fused-ring (bicyclic) bond motifs is 2. The molecule has 5 nitrogen and oxygen atoms in total. The van der Waals surface area contributed by atoms with Crippen molar-refractivity contribution in [1.82, 2.24) is 4.90 Å². The molecule has 0 unspecified atom stereocenters. The molecule has 0 spiro atoms. The van der Waals surface area contributed by atoms with Crippen molar-refractivity contribution in [3.63, 3.8) is 0 Å². The third-order valence-electron chi connectivity index (χ3n) is 5.51. The van der Waals surface area contributed by atoms with E-state index in [0.717, 1.165) is 16.7 Å². The molecule has 0 bridgehead atoms. The molecule has 0 N–H and O–H groups in total. The van der Waals surface area contributed by atoms with E-state index in [2.05, 4.69) is 0 Å². The Bertz CT molecular complexity index is 1140. The van der Waals surface area contributed by atoms with E-state index < -0.39 is 6.04 Å². The topological polar surface area (TPSA) is 59.8 Å². The maximum Gasteiger partial charge on any atom is 0.290 e. The van der Waals surface area contributed by atoms with Gasteiger partial charge in [0.25, 0.3) is 5.91 Å². The number of hydrogen-bond acceptors (Lipinski definition) is 4. The van der Waals surface area contributed by atoms with Crippen molar-refractivity contribution in [2.24, 2.45) is 0 Å². The van der Waals surface area contributed by atoms with Gasteiger partial charge in [0.05, 0.1) is 23.1 Å². The van der Waals surface area contributed by atoms with Gasteiger partial charge >= 0.3 is 0 Å². The second-order valence-corrected chi connectivity index (χ2v) is 8.26. The van der Waals surface area contributed by atoms with Gasteiger partial charge in [-0.05, 0) is 57.4 Å². The average Bonchev–Trinajstić information content (AvgIpc) is 2.98. The minimum absolute atomic E-state index is 0.133. The largest absolute Gasteiger partial charge is 0.450 e. The molecule has 0 saturated carbocycles. The molecule has 2 heterocycles. The van der Waals surface area contributed by atoms with Gasteiger partial charge in [0.15, 0.2) is 5.43 Å². The summed E-state index contributed by atoms with van der Waals surface area (Å²) in [4.78, 5) is 28.5. The van der Waals surface area contributed by atoms with Gasteiger partial charge in [0.1, 0.15) is 5.58 Å². The molecule has 1 aliphatic rings. The molecular formula is C25H27NO4. The fourth-order valence-corrected chi connectivity index (χ4v) is 4.01. The van der Waals surface area contributed by atoms with E-state index in [1.54, 1.807) is 11.0 Å². The summed E-state index contributed by atoms with van der Waals surface area (Å²) in [7, 11) is 0. The van der Waals surface area contributed by atoms with Gasteiger partial charge in [-0.1, -0.05) is 35.9 Å². The van der Waals surface area contributed by atoms with Crippen LogP contribution >= 0.6 is 0 Å². The molecule has 156 valence electrons. The predicted octanol–water partition coefficient (Wildman–Crippen LogP) is 4.77. The van der Waals surface area contributed by atoms with Crippen LogP contribution in [0.3, 0.4) is 0 Å². The van der Waals surface area contributed by atoms with Gasteiger partial charge in [-0.15, -0.1) is 0 Å². The fraction of sp³-hybridized carbons (Fsp3) is 0.360. The predicted molar refractivity (Wildman–Crippen MR) is 117 cm³/mol. The monoisotopic (exact) mass is 405 g/mol. The highest BCUT2D eigenvalue weighted by molar-refractivity contribution is 5.99. The van der Waals surface area contributed by atoms with Gasteiger partial charge < -0.3 is 14.1 Å². The van der Waals surface area contributed by atoms with E-state index in [1.165, 1.54) is 0 Å². The van der Waals surface area contributed by atoms with Crippen LogP contribution in [0.15, 0.2) is 51.7 Å². The van der Waals surface area contributed by atoms with E-state index in [9.17, 15) is 9.59 Å². The molecule has 5 heteroatoms. The number of ether oxygens (including phenoxy) is 1. The third kappa shape index (κ3) is 3.65. The Labute approximate surface area is 176 Å². The van der Waals surface area contributed by atoms with Crippen LogP contribution in [0.2, 0.25) is 0 Å². The Morgan fingerprint density at radius 1 is 1.03 bits per heavy atom. The van der Waals surface area contributed by atoms with Crippen LogP contribution in [0.1, 0.15) is 59.1 Å². The Morgan fingerprint density at radius 3 is 2.43 bits per heavy atom. The molecule has 30 heavy (non-hydrogen) atoms. The molecule has 0 fully saturated rings. The minimum atomic E-state index is -0.450. The lowest BCUT2D eigenvalue weighted by atomic mass is 9.97. The summed E-state index contributed by atoms with van der Waals surface area (Å²) in [5, 5.41) is 0.509. The SMILES string of the molecule is Cc1ccc([C@@H]2c3c(oc4cc(C)ccc4c3=O)C(=O)N2CCCOC(C)C)cc1. The van der Waals surface area contributed by atoms with Gasteiger partial charge in [0.2, 0.25) is 5.76 Å². The van der Waals surface area contributed by atoms with Gasteiger partial charge in [-0.2, -0.15) is 0 Å². The molecule has 4 rings (SSSR count). The summed E-state index contributed by atoms with van der Waals surface area (Å²) in [6.45, 7) is 8.97. The summed E-state index contributed by atoms with van der Waals surface area (Å²) >= 11 is 0. The van der Waals surface area contributed by atoms with Crippen LogP contribution < -0.4 is 5.43 Å². The Kier molecular flexibility index (Phi) is 5.48. The quantitative estimate of drug-likeness (QED) is 0.554. The number of hydrogen-bond donors (Lipinski definition) is 0. The molecule has 3 aromatic rings. The van der Waals surface area contributed by atoms with Crippen LogP contribution in [0, 0.1) is 13.8 Å². The van der Waals surface area contributed by atoms with Crippen molar-refractivity contribution in [1.29, 1.82) is 0 Å². The van der Waals surface area contributed by atoms with Crippen molar-refractivity contribution < 1.29 is 13.9 Å². The summed E-state index contributed by atoms with van der Waals surface area (Å²) in [5.74, 6) is -0.0749. The molecule has 2 aromatic carbocycles. The average molecular weight is 405 g/mol. The van der Waals surface area contributed by atoms with Crippen molar-refractivity contribution in [2.75, 3.05) is 13.2 Å². The minimum Gasteiger partial charge on any atom is -0.450 e. The Balaban J connectivity index is 1.81. The Hall–Kier alpha value is -2.92. The molecule has 0 radical (unpaired) electrons. The highest BCUT2D eigenvalue weighted by atomic mass is 16.5. The second kappa shape index (κ2) is 8.07. The lowest BCUT2D eigenvalue weighted by Crippen LogP contribution is -2.31. The summed E-state index contributed by atoms with van der Waals surface area (Å²) in [5.41, 5.74) is 3.78. The molecule has 0 saturated heterocycles. The van der Waals surface area contributed by atoms with Crippen LogP contribution in [-0.4, -0.2) is 30.1 Å². The van der Waals surface area contributed by atoms with Crippen LogP contribution in [0.5, 0.6) is 0 Å². The summed E-state index contributed by atoms with van der Waals surface area (Å²) in [6.07, 6.45) is 0.828. The molecular weight excluding hydrogens is 378 g/mol. The first kappa shape index (κ1) is 20.4. The number of amides is 1. The van der Waals surface area contributed by atoms with Crippen molar-refractivity contribution in [3.05, 3.63) is 80.7 Å². The van der Waals surface area contributed by atoms with E-state index in [0.29, 0.717) is 36.1 Å². The van der Waals surface area contributed by atoms with Crippen molar-refractivity contribution in [2.45, 2.75) is 46.3 Å². The maximum atomic E-state index is 13.4. The van der Waals surface area contributed by atoms with Crippen LogP contribution in [0.25, 0.3) is 11.0 Å². The van der Waals surface area contributed by atoms with Gasteiger partial charge in [-0.25, -0.2) is 0 Å². The lowest BCUT2D eigenvalue weighted by Gasteiger charge is -2.25. The molecule has 1 amide bonds. The summed E-state index contributed by atoms with van der Waals surface area (Å²) in [6, 6.07) is 13.0. The first-order chi connectivity index (χ1) is 14.4. The fourth-order valence-electron chi connectivity index (χ4n) is 4.01. The summed E-state index contributed by atoms with van der Waals surface area (Å²) < 4.78 is 11.7.